The smallest absolute Gasteiger partial charge is 0.0951 e. The number of piperazine rings is 1. The van der Waals surface area contributed by atoms with E-state index in [-0.39, 0.29) is 24.8 Å². The Morgan fingerprint density at radius 3 is 2.52 bits per heavy atom. The van der Waals surface area contributed by atoms with Crippen LogP contribution >= 0.6 is 0 Å². The number of aliphatic hydroxyl groups excluding tert-OH is 2. The fourth-order valence-corrected chi connectivity index (χ4v) is 3.82. The maximum atomic E-state index is 10.6. The van der Waals surface area contributed by atoms with E-state index in [0.29, 0.717) is 0 Å². The summed E-state index contributed by atoms with van der Waals surface area (Å²) in [5.74, 6) is 0. The van der Waals surface area contributed by atoms with Crippen LogP contribution in [0.3, 0.4) is 0 Å². The van der Waals surface area contributed by atoms with Gasteiger partial charge < -0.3 is 10.2 Å². The first-order chi connectivity index (χ1) is 10.2. The molecule has 4 nitrogen and oxygen atoms in total. The highest BCUT2D eigenvalue weighted by atomic mass is 16.3. The molecule has 0 aromatic heterocycles. The number of aliphatic hydroxyl groups is 2. The molecule has 0 amide bonds. The van der Waals surface area contributed by atoms with Crippen molar-refractivity contribution in [3.8, 4) is 0 Å². The number of hydrogen-bond acceptors (Lipinski definition) is 4. The van der Waals surface area contributed by atoms with Crippen molar-refractivity contribution in [2.75, 3.05) is 32.8 Å². The minimum absolute atomic E-state index is 0.221. The summed E-state index contributed by atoms with van der Waals surface area (Å²) in [5, 5.41) is 20.0. The average Bonchev–Trinajstić information content (AvgIpc) is 2.87. The average molecular weight is 290 g/mol. The summed E-state index contributed by atoms with van der Waals surface area (Å²) in [4.78, 5) is 4.80. The van der Waals surface area contributed by atoms with Crippen LogP contribution in [0.25, 0.3) is 0 Å². The molecular weight excluding hydrogens is 264 g/mol. The van der Waals surface area contributed by atoms with Gasteiger partial charge in [-0.2, -0.15) is 0 Å². The molecule has 1 saturated heterocycles. The van der Waals surface area contributed by atoms with Crippen molar-refractivity contribution in [1.29, 1.82) is 0 Å². The molecule has 0 bridgehead atoms. The van der Waals surface area contributed by atoms with E-state index in [4.69, 9.17) is 0 Å². The minimum atomic E-state index is -0.354. The predicted octanol–water partition coefficient (Wildman–Crippen LogP) is 1.03. The van der Waals surface area contributed by atoms with Crippen LogP contribution in [-0.4, -0.2) is 64.9 Å². The maximum Gasteiger partial charge on any atom is 0.0951 e. The highest BCUT2D eigenvalue weighted by Gasteiger charge is 2.36. The summed E-state index contributed by atoms with van der Waals surface area (Å²) in [6.45, 7) is 6.30. The standard InChI is InChI=1S/C17H26N2O2/c1-2-14(12-20)18-7-9-19(10-8-18)16-11-13-5-3-4-6-15(13)17(16)21/h3-6,14,16-17,20-21H,2,7-12H2,1H3/t14-,16-,17-/m1/s1. The van der Waals surface area contributed by atoms with Crippen molar-refractivity contribution in [3.63, 3.8) is 0 Å². The molecule has 21 heavy (non-hydrogen) atoms. The molecule has 1 fully saturated rings. The Morgan fingerprint density at radius 2 is 1.90 bits per heavy atom. The molecule has 2 aliphatic rings. The van der Waals surface area contributed by atoms with Crippen LogP contribution in [0, 0.1) is 0 Å². The normalized spacial score (nSPS) is 28.5. The predicted molar refractivity (Wildman–Crippen MR) is 83.2 cm³/mol. The van der Waals surface area contributed by atoms with Crippen LogP contribution in [0.2, 0.25) is 0 Å². The van der Waals surface area contributed by atoms with Gasteiger partial charge in [-0.15, -0.1) is 0 Å². The topological polar surface area (TPSA) is 46.9 Å². The van der Waals surface area contributed by atoms with Gasteiger partial charge in [0.15, 0.2) is 0 Å². The van der Waals surface area contributed by atoms with Gasteiger partial charge in [-0.25, -0.2) is 0 Å². The van der Waals surface area contributed by atoms with E-state index >= 15 is 0 Å². The highest BCUT2D eigenvalue weighted by Crippen LogP contribution is 2.34. The molecular formula is C17H26N2O2. The Kier molecular flexibility index (Phi) is 4.60. The minimum Gasteiger partial charge on any atom is -0.395 e. The lowest BCUT2D eigenvalue weighted by atomic mass is 10.1. The van der Waals surface area contributed by atoms with Gasteiger partial charge in [0.2, 0.25) is 0 Å². The number of nitrogens with zero attached hydrogens (tertiary/aromatic N) is 2. The molecule has 116 valence electrons. The van der Waals surface area contributed by atoms with Crippen molar-refractivity contribution < 1.29 is 10.2 Å². The molecule has 1 aromatic rings. The molecule has 0 radical (unpaired) electrons. The fraction of sp³-hybridized carbons (Fsp3) is 0.647. The summed E-state index contributed by atoms with van der Waals surface area (Å²) in [6, 6.07) is 8.76. The summed E-state index contributed by atoms with van der Waals surface area (Å²) in [6.07, 6.45) is 1.59. The van der Waals surface area contributed by atoms with Gasteiger partial charge in [0.1, 0.15) is 0 Å². The van der Waals surface area contributed by atoms with Gasteiger partial charge in [-0.05, 0) is 24.0 Å². The Labute approximate surface area is 127 Å². The Hall–Kier alpha value is -0.940. The molecule has 1 aliphatic heterocycles. The van der Waals surface area contributed by atoms with Crippen molar-refractivity contribution in [2.45, 2.75) is 38.0 Å². The van der Waals surface area contributed by atoms with Crippen molar-refractivity contribution in [1.82, 2.24) is 9.80 Å². The molecule has 1 aliphatic carbocycles. The molecule has 0 saturated carbocycles. The SMILES string of the molecule is CC[C@H](CO)N1CCN([C@@H]2Cc3ccccc3[C@H]2O)CC1. The first kappa shape index (κ1) is 15.0. The second kappa shape index (κ2) is 6.44. The molecule has 3 atom stereocenters. The van der Waals surface area contributed by atoms with Crippen LogP contribution < -0.4 is 0 Å². The van der Waals surface area contributed by atoms with E-state index in [1.54, 1.807) is 0 Å². The Balaban J connectivity index is 1.61. The van der Waals surface area contributed by atoms with Crippen LogP contribution in [0.4, 0.5) is 0 Å². The lowest BCUT2D eigenvalue weighted by molar-refractivity contribution is 0.00755. The summed E-state index contributed by atoms with van der Waals surface area (Å²) >= 11 is 0. The van der Waals surface area contributed by atoms with Crippen molar-refractivity contribution in [2.24, 2.45) is 0 Å². The third kappa shape index (κ3) is 2.86. The van der Waals surface area contributed by atoms with Crippen molar-refractivity contribution in [3.05, 3.63) is 35.4 Å². The summed E-state index contributed by atoms with van der Waals surface area (Å²) < 4.78 is 0. The molecule has 0 unspecified atom stereocenters. The quantitative estimate of drug-likeness (QED) is 0.869. The van der Waals surface area contributed by atoms with Crippen LogP contribution in [0.5, 0.6) is 0 Å². The number of fused-ring (bicyclic) bond motifs is 1. The van der Waals surface area contributed by atoms with Gasteiger partial charge in [-0.1, -0.05) is 31.2 Å². The van der Waals surface area contributed by atoms with Crippen molar-refractivity contribution >= 4 is 0 Å². The zero-order valence-corrected chi connectivity index (χ0v) is 12.8. The molecule has 0 spiro atoms. The molecule has 4 heteroatoms. The van der Waals surface area contributed by atoms with Gasteiger partial charge in [-0.3, -0.25) is 9.80 Å². The Morgan fingerprint density at radius 1 is 1.19 bits per heavy atom. The number of hydrogen-bond donors (Lipinski definition) is 2. The van der Waals surface area contributed by atoms with Gasteiger partial charge in [0.25, 0.3) is 0 Å². The van der Waals surface area contributed by atoms with E-state index in [1.807, 2.05) is 6.07 Å². The van der Waals surface area contributed by atoms with E-state index in [0.717, 1.165) is 44.6 Å². The first-order valence-electron chi connectivity index (χ1n) is 8.09. The fourth-order valence-electron chi connectivity index (χ4n) is 3.82. The largest absolute Gasteiger partial charge is 0.395 e. The molecule has 3 rings (SSSR count). The third-order valence-electron chi connectivity index (χ3n) is 5.18. The van der Waals surface area contributed by atoms with E-state index in [9.17, 15) is 10.2 Å². The summed E-state index contributed by atoms with van der Waals surface area (Å²) in [7, 11) is 0. The third-order valence-corrected chi connectivity index (χ3v) is 5.18. The lowest BCUT2D eigenvalue weighted by Gasteiger charge is -2.41. The lowest BCUT2D eigenvalue weighted by Crippen LogP contribution is -2.54. The molecule has 1 heterocycles. The highest BCUT2D eigenvalue weighted by molar-refractivity contribution is 5.35. The van der Waals surface area contributed by atoms with Crippen LogP contribution in [0.1, 0.15) is 30.6 Å². The first-order valence-corrected chi connectivity index (χ1v) is 8.09. The number of rotatable bonds is 4. The maximum absolute atomic E-state index is 10.6. The van der Waals surface area contributed by atoms with Gasteiger partial charge >= 0.3 is 0 Å². The molecule has 1 aromatic carbocycles. The number of benzene rings is 1. The molecule has 2 N–H and O–H groups in total. The zero-order chi connectivity index (χ0) is 14.8. The monoisotopic (exact) mass is 290 g/mol. The van der Waals surface area contributed by atoms with Gasteiger partial charge in [0, 0.05) is 38.3 Å². The second-order valence-electron chi connectivity index (χ2n) is 6.23. The second-order valence-corrected chi connectivity index (χ2v) is 6.23. The van der Waals surface area contributed by atoms with Crippen LogP contribution in [-0.2, 0) is 6.42 Å². The van der Waals surface area contributed by atoms with Crippen LogP contribution in [0.15, 0.2) is 24.3 Å². The van der Waals surface area contributed by atoms with E-state index in [1.165, 1.54) is 5.56 Å². The van der Waals surface area contributed by atoms with E-state index < -0.39 is 0 Å². The Bertz CT molecular complexity index is 468. The van der Waals surface area contributed by atoms with Gasteiger partial charge in [0.05, 0.1) is 12.7 Å². The summed E-state index contributed by atoms with van der Waals surface area (Å²) in [5.41, 5.74) is 2.39. The van der Waals surface area contributed by atoms with E-state index in [2.05, 4.69) is 34.9 Å². The zero-order valence-electron chi connectivity index (χ0n) is 12.8.